The lowest BCUT2D eigenvalue weighted by Crippen LogP contribution is -2.34. The van der Waals surface area contributed by atoms with E-state index in [0.29, 0.717) is 12.5 Å². The van der Waals surface area contributed by atoms with Crippen molar-refractivity contribution >= 4 is 5.97 Å². The molecule has 1 aliphatic carbocycles. The largest absolute Gasteiger partial charge is 0.458 e. The molecular weight excluding hydrogens is 326 g/mol. The van der Waals surface area contributed by atoms with Crippen LogP contribution in [0.5, 0.6) is 0 Å². The Bertz CT molecular complexity index is 725. The van der Waals surface area contributed by atoms with E-state index in [4.69, 9.17) is 15.2 Å². The lowest BCUT2D eigenvalue weighted by atomic mass is 9.98. The molecule has 1 aliphatic rings. The number of hydrogen-bond donors (Lipinski definition) is 1. The Kier molecular flexibility index (Phi) is 6.07. The maximum atomic E-state index is 11.9. The quantitative estimate of drug-likeness (QED) is 0.726. The van der Waals surface area contributed by atoms with E-state index < -0.39 is 18.1 Å². The molecule has 1 saturated carbocycles. The zero-order valence-corrected chi connectivity index (χ0v) is 15.4. The molecule has 2 aromatic carbocycles. The topological polar surface area (TPSA) is 61.6 Å². The molecule has 0 spiro atoms. The predicted molar refractivity (Wildman–Crippen MR) is 102 cm³/mol. The van der Waals surface area contributed by atoms with E-state index in [0.717, 1.165) is 16.7 Å². The Morgan fingerprint density at radius 3 is 2.42 bits per heavy atom. The van der Waals surface area contributed by atoms with E-state index in [-0.39, 0.29) is 6.10 Å². The Labute approximate surface area is 155 Å². The number of benzene rings is 2. The van der Waals surface area contributed by atoms with E-state index in [1.165, 1.54) is 12.8 Å². The second-order valence-electron chi connectivity index (χ2n) is 7.12. The molecule has 0 unspecified atom stereocenters. The minimum atomic E-state index is -0.641. The first-order valence-corrected chi connectivity index (χ1v) is 9.27. The average molecular weight is 353 g/mol. The third-order valence-corrected chi connectivity index (χ3v) is 4.63. The van der Waals surface area contributed by atoms with Gasteiger partial charge in [-0.05, 0) is 55.4 Å². The molecule has 2 aromatic rings. The first kappa shape index (κ1) is 18.6. The molecule has 4 nitrogen and oxygen atoms in total. The van der Waals surface area contributed by atoms with E-state index in [9.17, 15) is 4.79 Å². The highest BCUT2D eigenvalue weighted by Gasteiger charge is 2.29. The van der Waals surface area contributed by atoms with Gasteiger partial charge < -0.3 is 15.2 Å². The zero-order valence-electron chi connectivity index (χ0n) is 15.4. The lowest BCUT2D eigenvalue weighted by molar-refractivity contribution is -0.158. The summed E-state index contributed by atoms with van der Waals surface area (Å²) in [7, 11) is 0. The van der Waals surface area contributed by atoms with Crippen molar-refractivity contribution in [3.8, 4) is 11.1 Å². The SMILES string of the molecule is C[C@H](N)C(=O)O[C@@H](C)[C@H](OCC1CC1)c1cccc(-c2ccccc2)c1. The van der Waals surface area contributed by atoms with Gasteiger partial charge in [0.2, 0.25) is 0 Å². The highest BCUT2D eigenvalue weighted by molar-refractivity contribution is 5.75. The molecule has 1 fully saturated rings. The van der Waals surface area contributed by atoms with E-state index >= 15 is 0 Å². The Morgan fingerprint density at radius 1 is 1.08 bits per heavy atom. The summed E-state index contributed by atoms with van der Waals surface area (Å²) < 4.78 is 11.7. The predicted octanol–water partition coefficient (Wildman–Crippen LogP) is 4.10. The fourth-order valence-corrected chi connectivity index (χ4v) is 2.91. The van der Waals surface area contributed by atoms with Gasteiger partial charge in [0.1, 0.15) is 18.2 Å². The van der Waals surface area contributed by atoms with Gasteiger partial charge in [-0.15, -0.1) is 0 Å². The van der Waals surface area contributed by atoms with Crippen LogP contribution in [0, 0.1) is 5.92 Å². The number of ether oxygens (including phenoxy) is 2. The molecule has 138 valence electrons. The summed E-state index contributed by atoms with van der Waals surface area (Å²) in [5, 5.41) is 0. The van der Waals surface area contributed by atoms with Crippen LogP contribution in [-0.2, 0) is 14.3 Å². The van der Waals surface area contributed by atoms with Gasteiger partial charge >= 0.3 is 5.97 Å². The van der Waals surface area contributed by atoms with Gasteiger partial charge in [0.05, 0.1) is 6.61 Å². The first-order valence-electron chi connectivity index (χ1n) is 9.27. The van der Waals surface area contributed by atoms with Crippen LogP contribution in [-0.4, -0.2) is 24.7 Å². The second-order valence-corrected chi connectivity index (χ2v) is 7.12. The van der Waals surface area contributed by atoms with Crippen LogP contribution in [0.1, 0.15) is 38.4 Å². The van der Waals surface area contributed by atoms with Crippen molar-refractivity contribution < 1.29 is 14.3 Å². The van der Waals surface area contributed by atoms with Gasteiger partial charge in [0.15, 0.2) is 0 Å². The normalized spacial score (nSPS) is 17.3. The molecule has 26 heavy (non-hydrogen) atoms. The van der Waals surface area contributed by atoms with Gasteiger partial charge in [0.25, 0.3) is 0 Å². The molecule has 0 amide bonds. The molecule has 3 rings (SSSR count). The van der Waals surface area contributed by atoms with Crippen molar-refractivity contribution in [1.29, 1.82) is 0 Å². The van der Waals surface area contributed by atoms with Crippen molar-refractivity contribution in [3.63, 3.8) is 0 Å². The number of carbonyl (C=O) groups excluding carboxylic acids is 1. The molecule has 0 heterocycles. The maximum Gasteiger partial charge on any atom is 0.322 e. The minimum absolute atomic E-state index is 0.304. The van der Waals surface area contributed by atoms with Crippen molar-refractivity contribution in [2.24, 2.45) is 11.7 Å². The number of hydrogen-bond acceptors (Lipinski definition) is 4. The fourth-order valence-electron chi connectivity index (χ4n) is 2.91. The highest BCUT2D eigenvalue weighted by Crippen LogP contribution is 2.33. The average Bonchev–Trinajstić information content (AvgIpc) is 3.47. The number of rotatable bonds is 8. The number of nitrogens with two attached hydrogens (primary N) is 1. The Balaban J connectivity index is 1.82. The number of carbonyl (C=O) groups is 1. The molecule has 0 radical (unpaired) electrons. The van der Waals surface area contributed by atoms with Gasteiger partial charge in [-0.2, -0.15) is 0 Å². The van der Waals surface area contributed by atoms with Crippen LogP contribution in [0.2, 0.25) is 0 Å². The van der Waals surface area contributed by atoms with Gasteiger partial charge in [-0.25, -0.2) is 0 Å². The molecule has 0 aromatic heterocycles. The molecule has 4 heteroatoms. The van der Waals surface area contributed by atoms with Crippen molar-refractivity contribution in [2.45, 2.75) is 44.9 Å². The lowest BCUT2D eigenvalue weighted by Gasteiger charge is -2.26. The molecule has 0 saturated heterocycles. The monoisotopic (exact) mass is 353 g/mol. The Morgan fingerprint density at radius 2 is 1.77 bits per heavy atom. The second kappa shape index (κ2) is 8.47. The molecule has 2 N–H and O–H groups in total. The highest BCUT2D eigenvalue weighted by atomic mass is 16.6. The Hall–Kier alpha value is -2.17. The van der Waals surface area contributed by atoms with Gasteiger partial charge in [-0.3, -0.25) is 4.79 Å². The summed E-state index contributed by atoms with van der Waals surface area (Å²) in [5.41, 5.74) is 8.92. The molecular formula is C22H27NO3. The molecule has 3 atom stereocenters. The zero-order chi connectivity index (χ0) is 18.5. The van der Waals surface area contributed by atoms with Crippen LogP contribution < -0.4 is 5.73 Å². The summed E-state index contributed by atoms with van der Waals surface area (Å²) in [4.78, 5) is 11.9. The van der Waals surface area contributed by atoms with E-state index in [1.807, 2.05) is 37.3 Å². The molecule has 0 bridgehead atoms. The summed E-state index contributed by atoms with van der Waals surface area (Å²) in [6.45, 7) is 4.19. The first-order chi connectivity index (χ1) is 12.5. The summed E-state index contributed by atoms with van der Waals surface area (Å²) in [6, 6.07) is 17.8. The summed E-state index contributed by atoms with van der Waals surface area (Å²) in [6.07, 6.45) is 1.72. The third-order valence-electron chi connectivity index (χ3n) is 4.63. The summed E-state index contributed by atoms with van der Waals surface area (Å²) >= 11 is 0. The smallest absolute Gasteiger partial charge is 0.322 e. The van der Waals surface area contributed by atoms with Crippen LogP contribution in [0.15, 0.2) is 54.6 Å². The fraction of sp³-hybridized carbons (Fsp3) is 0.409. The van der Waals surface area contributed by atoms with E-state index in [1.54, 1.807) is 6.92 Å². The van der Waals surface area contributed by atoms with Gasteiger partial charge in [0, 0.05) is 0 Å². The summed E-state index contributed by atoms with van der Waals surface area (Å²) in [5.74, 6) is 0.225. The minimum Gasteiger partial charge on any atom is -0.458 e. The van der Waals surface area contributed by atoms with Gasteiger partial charge in [-0.1, -0.05) is 48.5 Å². The van der Waals surface area contributed by atoms with Crippen molar-refractivity contribution in [2.75, 3.05) is 6.61 Å². The third kappa shape index (κ3) is 4.93. The van der Waals surface area contributed by atoms with Crippen LogP contribution in [0.25, 0.3) is 11.1 Å². The number of esters is 1. The van der Waals surface area contributed by atoms with E-state index in [2.05, 4.69) is 24.3 Å². The van der Waals surface area contributed by atoms with Crippen molar-refractivity contribution in [3.05, 3.63) is 60.2 Å². The van der Waals surface area contributed by atoms with Crippen LogP contribution in [0.3, 0.4) is 0 Å². The van der Waals surface area contributed by atoms with Crippen LogP contribution in [0.4, 0.5) is 0 Å². The molecule has 0 aliphatic heterocycles. The standard InChI is InChI=1S/C22H27NO3/c1-15(23)22(24)26-16(2)21(25-14-17-11-12-17)20-10-6-9-19(13-20)18-7-4-3-5-8-18/h3-10,13,15-17,21H,11-12,14,23H2,1-2H3/t15-,16-,21-/m0/s1. The van der Waals surface area contributed by atoms with Crippen LogP contribution >= 0.6 is 0 Å². The maximum absolute atomic E-state index is 11.9. The van der Waals surface area contributed by atoms with Crippen molar-refractivity contribution in [1.82, 2.24) is 0 Å².